The molecule has 0 saturated carbocycles. The second-order valence-corrected chi connectivity index (χ2v) is 20.6. The number of aromatic nitrogens is 3. The summed E-state index contributed by atoms with van der Waals surface area (Å²) in [7, 11) is 0. The number of nitriles is 1. The van der Waals surface area contributed by atoms with Crippen LogP contribution in [0.15, 0.2) is 73.2 Å². The first-order valence-electron chi connectivity index (χ1n) is 26.7. The Morgan fingerprint density at radius 3 is 2.37 bits per heavy atom. The number of anilines is 2. The normalized spacial score (nSPS) is 19.2. The van der Waals surface area contributed by atoms with E-state index in [0.29, 0.717) is 107 Å². The molecule has 20 heteroatoms. The first-order valence-corrected chi connectivity index (χ1v) is 26.7. The molecule has 18 nitrogen and oxygen atoms in total. The summed E-state index contributed by atoms with van der Waals surface area (Å²) in [5, 5.41) is 19.7. The van der Waals surface area contributed by atoms with Crippen molar-refractivity contribution in [2.24, 2.45) is 0 Å². The molecule has 0 radical (unpaired) electrons. The van der Waals surface area contributed by atoms with Crippen LogP contribution in [-0.2, 0) is 20.9 Å². The zero-order valence-electron chi connectivity index (χ0n) is 42.9. The summed E-state index contributed by atoms with van der Waals surface area (Å²) in [6, 6.07) is 16.2. The smallest absolute Gasteiger partial charge is 0.255 e. The molecule has 0 unspecified atom stereocenters. The predicted molar refractivity (Wildman–Crippen MR) is 280 cm³/mol. The van der Waals surface area contributed by atoms with Gasteiger partial charge in [-0.2, -0.15) is 10.4 Å². The fourth-order valence-electron chi connectivity index (χ4n) is 11.5. The van der Waals surface area contributed by atoms with Gasteiger partial charge in [0.2, 0.25) is 17.7 Å². The van der Waals surface area contributed by atoms with E-state index in [1.807, 2.05) is 42.2 Å². The highest BCUT2D eigenvalue weighted by Crippen LogP contribution is 2.34. The molecule has 4 fully saturated rings. The summed E-state index contributed by atoms with van der Waals surface area (Å²) >= 11 is 0. The monoisotopic (exact) mass is 1040 g/mol. The van der Waals surface area contributed by atoms with Crippen molar-refractivity contribution in [1.82, 2.24) is 44.8 Å². The fourth-order valence-corrected chi connectivity index (χ4v) is 11.5. The Balaban J connectivity index is 0.670. The van der Waals surface area contributed by atoms with Crippen molar-refractivity contribution >= 4 is 46.6 Å². The highest BCUT2D eigenvalue weighted by molar-refractivity contribution is 6.05. The number of piperidine rings is 2. The summed E-state index contributed by atoms with van der Waals surface area (Å²) in [6.07, 6.45) is 11.0. The molecule has 0 aliphatic carbocycles. The third-order valence-electron chi connectivity index (χ3n) is 15.8. The van der Waals surface area contributed by atoms with E-state index in [1.165, 1.54) is 6.20 Å². The van der Waals surface area contributed by atoms with Gasteiger partial charge in [-0.1, -0.05) is 18.9 Å². The molecule has 8 heterocycles. The number of ether oxygens (including phenoxy) is 1. The van der Waals surface area contributed by atoms with Crippen LogP contribution < -0.4 is 25.2 Å². The molecule has 3 aromatic heterocycles. The second-order valence-electron chi connectivity index (χ2n) is 20.6. The first kappa shape index (κ1) is 52.0. The molecule has 4 saturated heterocycles. The molecule has 0 spiro atoms. The third-order valence-corrected chi connectivity index (χ3v) is 15.8. The molecule has 10 rings (SSSR count). The summed E-state index contributed by atoms with van der Waals surface area (Å²) in [5.41, 5.74) is 4.07. The molecule has 1 atom stereocenters. The van der Waals surface area contributed by atoms with Gasteiger partial charge < -0.3 is 29.7 Å². The number of rotatable bonds is 17. The average Bonchev–Trinajstić information content (AvgIpc) is 4.01. The number of carbonyl (C=O) groups excluding carboxylic acids is 5. The van der Waals surface area contributed by atoms with Crippen molar-refractivity contribution in [1.29, 1.82) is 5.26 Å². The number of amides is 5. The third kappa shape index (κ3) is 11.4. The number of hydrogen-bond acceptors (Lipinski definition) is 13. The standard InChI is InChI=1S/C56H64F2N12O6/c1-2-76-43-31-44(52-40(32-59)34-61-70(52)36-43)38-9-14-49(60-33-38)67-19-16-56(17-20-67,63-53(73)46-29-41(57)10-12-47(46)58)37-65-23-27-68(28-24-65)51(72)7-5-3-4-6-18-64-21-25-66(26-22-64)42-11-8-39-35-69(55(75)45(39)30-42)48-13-15-50(71)62-54(48)74/h8-12,14,29-31,33-34,36,48H,2-7,13,15-28,35,37H2,1H3,(H,63,73)(H,62,71,74)/t48-/m0/s1. The van der Waals surface area contributed by atoms with Crippen molar-refractivity contribution in [2.45, 2.75) is 82.8 Å². The van der Waals surface area contributed by atoms with Gasteiger partial charge in [-0.05, 0) is 99.7 Å². The summed E-state index contributed by atoms with van der Waals surface area (Å²) in [6.45, 7) is 11.2. The van der Waals surface area contributed by atoms with Crippen LogP contribution in [0.5, 0.6) is 5.75 Å². The van der Waals surface area contributed by atoms with E-state index >= 15 is 0 Å². The van der Waals surface area contributed by atoms with Crippen LogP contribution in [0, 0.1) is 23.0 Å². The van der Waals surface area contributed by atoms with Crippen molar-refractivity contribution < 1.29 is 37.5 Å². The molecule has 2 aromatic carbocycles. The molecule has 5 aromatic rings. The van der Waals surface area contributed by atoms with Crippen LogP contribution in [0.4, 0.5) is 20.3 Å². The number of fused-ring (bicyclic) bond motifs is 2. The highest BCUT2D eigenvalue weighted by atomic mass is 19.1. The number of nitrogens with zero attached hydrogens (tertiary/aromatic N) is 10. The minimum absolute atomic E-state index is 0.145. The Hall–Kier alpha value is -7.50. The van der Waals surface area contributed by atoms with Gasteiger partial charge in [-0.3, -0.25) is 39.1 Å². The lowest BCUT2D eigenvalue weighted by Crippen LogP contribution is -2.62. The van der Waals surface area contributed by atoms with Crippen molar-refractivity contribution in [3.63, 3.8) is 0 Å². The van der Waals surface area contributed by atoms with Crippen LogP contribution in [0.2, 0.25) is 0 Å². The summed E-state index contributed by atoms with van der Waals surface area (Å²) < 4.78 is 36.6. The first-order chi connectivity index (χ1) is 36.9. The molecular formula is C56H64F2N12O6. The highest BCUT2D eigenvalue weighted by Gasteiger charge is 2.41. The van der Waals surface area contributed by atoms with Crippen LogP contribution in [0.25, 0.3) is 16.6 Å². The van der Waals surface area contributed by atoms with Gasteiger partial charge in [0, 0.05) is 120 Å². The van der Waals surface area contributed by atoms with Gasteiger partial charge in [0.1, 0.15) is 35.3 Å². The molecule has 76 heavy (non-hydrogen) atoms. The minimum atomic E-state index is -0.795. The Labute approximate surface area is 440 Å². The summed E-state index contributed by atoms with van der Waals surface area (Å²) in [5.74, 6) is -1.52. The number of nitrogens with one attached hydrogen (secondary N) is 2. The fraction of sp³-hybridized carbons (Fsp3) is 0.464. The van der Waals surface area contributed by atoms with Gasteiger partial charge >= 0.3 is 0 Å². The Kier molecular flexibility index (Phi) is 15.6. The van der Waals surface area contributed by atoms with E-state index in [9.17, 15) is 38.0 Å². The number of carbonyl (C=O) groups is 5. The number of piperazine rings is 2. The van der Waals surface area contributed by atoms with Crippen molar-refractivity contribution in [3.8, 4) is 22.9 Å². The molecule has 5 amide bonds. The molecule has 398 valence electrons. The number of unbranched alkanes of at least 4 members (excludes halogenated alkanes) is 3. The Bertz CT molecular complexity index is 3030. The van der Waals surface area contributed by atoms with Crippen LogP contribution in [-0.4, -0.2) is 160 Å². The zero-order valence-corrected chi connectivity index (χ0v) is 42.9. The number of pyridine rings is 2. The van der Waals surface area contributed by atoms with Gasteiger partial charge in [-0.25, -0.2) is 18.3 Å². The number of hydrogen-bond donors (Lipinski definition) is 2. The number of halogens is 2. The number of imide groups is 1. The lowest BCUT2D eigenvalue weighted by atomic mass is 9.86. The van der Waals surface area contributed by atoms with Crippen LogP contribution >= 0.6 is 0 Å². The molecule has 0 bridgehead atoms. The topological polar surface area (TPSA) is 192 Å². The largest absolute Gasteiger partial charge is 0.492 e. The van der Waals surface area contributed by atoms with Crippen molar-refractivity contribution in [2.75, 3.05) is 94.9 Å². The van der Waals surface area contributed by atoms with E-state index < -0.39 is 35.0 Å². The van der Waals surface area contributed by atoms with E-state index in [0.717, 1.165) is 105 Å². The molecule has 2 N–H and O–H groups in total. The maximum absolute atomic E-state index is 14.9. The van der Waals surface area contributed by atoms with E-state index in [4.69, 9.17) is 9.72 Å². The van der Waals surface area contributed by atoms with Gasteiger partial charge in [0.15, 0.2) is 0 Å². The van der Waals surface area contributed by atoms with E-state index in [1.54, 1.807) is 21.8 Å². The maximum atomic E-state index is 14.9. The lowest BCUT2D eigenvalue weighted by molar-refractivity contribution is -0.137. The Morgan fingerprint density at radius 2 is 1.63 bits per heavy atom. The summed E-state index contributed by atoms with van der Waals surface area (Å²) in [4.78, 5) is 82.1. The van der Waals surface area contributed by atoms with Crippen LogP contribution in [0.3, 0.4) is 0 Å². The SMILES string of the molecule is CCOc1cc(-c2ccc(N3CCC(CN4CCN(C(=O)CCCCCCN5CCN(c6ccc7c(c6)C(=O)N([C@H]6CCC(=O)NC6=O)C7)CC5)CC4)(NC(=O)c4cc(F)ccc4F)CC3)nc2)c2c(C#N)cnn2c1. The number of benzene rings is 2. The van der Waals surface area contributed by atoms with E-state index in [-0.39, 0.29) is 29.7 Å². The average molecular weight is 1040 g/mol. The predicted octanol–water partition coefficient (Wildman–Crippen LogP) is 5.39. The zero-order chi connectivity index (χ0) is 52.9. The molecule has 5 aliphatic rings. The second kappa shape index (κ2) is 22.8. The molecule has 5 aliphatic heterocycles. The van der Waals surface area contributed by atoms with Crippen LogP contribution in [0.1, 0.15) is 96.6 Å². The van der Waals surface area contributed by atoms with E-state index in [2.05, 4.69) is 47.5 Å². The van der Waals surface area contributed by atoms with Gasteiger partial charge in [0.05, 0.1) is 41.2 Å². The van der Waals surface area contributed by atoms with Gasteiger partial charge in [0.25, 0.3) is 11.8 Å². The minimum Gasteiger partial charge on any atom is -0.492 e. The maximum Gasteiger partial charge on any atom is 0.255 e. The quantitative estimate of drug-likeness (QED) is 0.0891. The molecular weight excluding hydrogens is 975 g/mol. The van der Waals surface area contributed by atoms with Crippen molar-refractivity contribution in [3.05, 3.63) is 107 Å². The van der Waals surface area contributed by atoms with Gasteiger partial charge in [-0.15, -0.1) is 0 Å². The lowest BCUT2D eigenvalue weighted by Gasteiger charge is -2.46. The Morgan fingerprint density at radius 1 is 0.855 bits per heavy atom.